The van der Waals surface area contributed by atoms with Crippen molar-refractivity contribution in [3.8, 4) is 56.4 Å². The highest BCUT2D eigenvalue weighted by atomic mass is 16.3. The lowest BCUT2D eigenvalue weighted by molar-refractivity contribution is 0.666. The number of fused-ring (bicyclic) bond motifs is 27. The van der Waals surface area contributed by atoms with E-state index < -0.39 is 0 Å². The molecule has 0 saturated heterocycles. The van der Waals surface area contributed by atoms with Crippen LogP contribution in [0.25, 0.3) is 253 Å². The summed E-state index contributed by atoms with van der Waals surface area (Å²) in [6.07, 6.45) is 0. The molecule has 0 saturated carbocycles. The molecule has 0 amide bonds. The summed E-state index contributed by atoms with van der Waals surface area (Å²) in [7, 11) is 0. The van der Waals surface area contributed by atoms with Crippen LogP contribution in [0.4, 0.5) is 0 Å². The van der Waals surface area contributed by atoms with E-state index >= 15 is 0 Å². The number of rotatable bonds is 8. The van der Waals surface area contributed by atoms with E-state index in [0.717, 1.165) is 105 Å². The molecule has 0 aliphatic heterocycles. The zero-order valence-corrected chi connectivity index (χ0v) is 69.6. The fraction of sp³-hybridized carbons (Fsp3) is 0. The highest BCUT2D eigenvalue weighted by Crippen LogP contribution is 2.47. The van der Waals surface area contributed by atoms with Gasteiger partial charge in [0.1, 0.15) is 22.3 Å². The number of para-hydroxylation sites is 15. The Morgan fingerprint density at radius 1 is 0.132 bits per heavy atom. The van der Waals surface area contributed by atoms with Crippen molar-refractivity contribution in [1.82, 2.24) is 27.4 Å². The summed E-state index contributed by atoms with van der Waals surface area (Å²) in [6, 6.07) is 160. The van der Waals surface area contributed by atoms with Crippen LogP contribution in [0.2, 0.25) is 0 Å². The summed E-state index contributed by atoms with van der Waals surface area (Å²) in [5.74, 6) is 0. The molecule has 0 atom stereocenters. The highest BCUT2D eigenvalue weighted by molar-refractivity contribution is 6.20. The van der Waals surface area contributed by atoms with Crippen molar-refractivity contribution < 1.29 is 13.3 Å². The number of aromatic nitrogens is 6. The van der Waals surface area contributed by atoms with Gasteiger partial charge < -0.3 is 40.7 Å². The van der Waals surface area contributed by atoms with E-state index in [2.05, 4.69) is 476 Å². The van der Waals surface area contributed by atoms with Crippen molar-refractivity contribution in [2.45, 2.75) is 0 Å². The molecule has 20 aromatic carbocycles. The first-order valence-electron chi connectivity index (χ1n) is 44.0. The van der Waals surface area contributed by atoms with E-state index in [1.165, 1.54) is 148 Å². The summed E-state index contributed by atoms with van der Waals surface area (Å²) < 4.78 is 34.0. The first kappa shape index (κ1) is 72.1. The monoisotopic (exact) mass is 1650 g/mol. The van der Waals surface area contributed by atoms with Crippen molar-refractivity contribution in [1.29, 1.82) is 0 Å². The van der Waals surface area contributed by atoms with Crippen LogP contribution in [-0.4, -0.2) is 27.4 Å². The van der Waals surface area contributed by atoms with Gasteiger partial charge in [-0.15, -0.1) is 0 Å². The van der Waals surface area contributed by atoms with Gasteiger partial charge in [-0.2, -0.15) is 0 Å². The molecule has 0 N–H and O–H groups in total. The van der Waals surface area contributed by atoms with Crippen molar-refractivity contribution in [3.05, 3.63) is 449 Å². The smallest absolute Gasteiger partial charge is 0.159 e. The molecule has 0 aliphatic rings. The van der Waals surface area contributed by atoms with E-state index in [1.807, 2.05) is 0 Å². The molecule has 0 radical (unpaired) electrons. The fourth-order valence-electron chi connectivity index (χ4n) is 21.1. The van der Waals surface area contributed by atoms with Crippen LogP contribution in [0.3, 0.4) is 0 Å². The van der Waals surface area contributed by atoms with Crippen LogP contribution in [-0.2, 0) is 0 Å². The number of hydrogen-bond donors (Lipinski definition) is 0. The zero-order valence-electron chi connectivity index (χ0n) is 69.6. The minimum atomic E-state index is 0.891. The SMILES string of the molecule is c1cc(-n2c3ccccc3c3ccccc32)c2oc3ccc(-n4c5ccccc5c5ccccc54)cc3c2c1.c1ccc(-n2c3ccccc3c3cc(-c4ccc5oc6c(-n7c8ccccc8c8ccccc87)cccc6c5c4)ccc32)cc1.c1ccc(-n2c3ccccc3c3cc(-c4cccc5c4oc4ccc(-n6c7ccccc7c7ccccc76)cc45)ccc32)cc1. The molecule has 602 valence electrons. The summed E-state index contributed by atoms with van der Waals surface area (Å²) in [5.41, 5.74) is 31.0. The molecule has 0 bridgehead atoms. The predicted octanol–water partition coefficient (Wildman–Crippen LogP) is 32.7. The summed E-state index contributed by atoms with van der Waals surface area (Å²) in [6.45, 7) is 0. The normalized spacial score (nSPS) is 12.0. The van der Waals surface area contributed by atoms with Crippen LogP contribution < -0.4 is 0 Å². The van der Waals surface area contributed by atoms with E-state index in [1.54, 1.807) is 0 Å². The second-order valence-electron chi connectivity index (χ2n) is 33.7. The van der Waals surface area contributed by atoms with Crippen LogP contribution in [0.1, 0.15) is 0 Å². The van der Waals surface area contributed by atoms with E-state index in [0.29, 0.717) is 0 Å². The Kier molecular flexibility index (Phi) is 16.0. The maximum absolute atomic E-state index is 6.65. The van der Waals surface area contributed by atoms with Gasteiger partial charge in [-0.25, -0.2) is 0 Å². The maximum Gasteiger partial charge on any atom is 0.159 e. The van der Waals surface area contributed by atoms with E-state index in [9.17, 15) is 0 Å². The van der Waals surface area contributed by atoms with Crippen LogP contribution in [0.5, 0.6) is 0 Å². The second-order valence-corrected chi connectivity index (χ2v) is 33.7. The molecule has 9 aromatic heterocycles. The minimum absolute atomic E-state index is 0.891. The van der Waals surface area contributed by atoms with Crippen molar-refractivity contribution in [3.63, 3.8) is 0 Å². The van der Waals surface area contributed by atoms with Crippen molar-refractivity contribution >= 4 is 197 Å². The van der Waals surface area contributed by atoms with Crippen LogP contribution >= 0.6 is 0 Å². The molecule has 0 aliphatic carbocycles. The van der Waals surface area contributed by atoms with Gasteiger partial charge in [0, 0.05) is 125 Å². The van der Waals surface area contributed by atoms with Gasteiger partial charge >= 0.3 is 0 Å². The number of nitrogens with zero attached hydrogens (tertiary/aromatic N) is 6. The average molecular weight is 1650 g/mol. The largest absolute Gasteiger partial charge is 0.455 e. The number of benzene rings is 20. The summed E-state index contributed by atoms with van der Waals surface area (Å²) in [4.78, 5) is 0. The first-order valence-corrected chi connectivity index (χ1v) is 44.0. The summed E-state index contributed by atoms with van der Waals surface area (Å²) >= 11 is 0. The Hall–Kier alpha value is -17.4. The molecule has 129 heavy (non-hydrogen) atoms. The van der Waals surface area contributed by atoms with Crippen molar-refractivity contribution in [2.75, 3.05) is 0 Å². The Morgan fingerprint density at radius 2 is 0.372 bits per heavy atom. The van der Waals surface area contributed by atoms with Gasteiger partial charge in [0.2, 0.25) is 0 Å². The van der Waals surface area contributed by atoms with Gasteiger partial charge in [0.25, 0.3) is 0 Å². The maximum atomic E-state index is 6.65. The lowest BCUT2D eigenvalue weighted by Gasteiger charge is -2.08. The Labute approximate surface area is 737 Å². The van der Waals surface area contributed by atoms with Gasteiger partial charge in [0.05, 0.1) is 77.6 Å². The van der Waals surface area contributed by atoms with Crippen LogP contribution in [0.15, 0.2) is 462 Å². The quantitative estimate of drug-likeness (QED) is 0.152. The Balaban J connectivity index is 0.000000100. The second kappa shape index (κ2) is 28.6. The predicted molar refractivity (Wildman–Crippen MR) is 538 cm³/mol. The first-order chi connectivity index (χ1) is 64.0. The third-order valence-electron chi connectivity index (χ3n) is 26.8. The van der Waals surface area contributed by atoms with Crippen LogP contribution in [0, 0.1) is 0 Å². The molecule has 9 heterocycles. The van der Waals surface area contributed by atoms with E-state index in [4.69, 9.17) is 13.3 Å². The zero-order chi connectivity index (χ0) is 84.5. The molecular formula is C120H74N6O3. The fourth-order valence-corrected chi connectivity index (χ4v) is 21.1. The Morgan fingerprint density at radius 3 is 0.736 bits per heavy atom. The summed E-state index contributed by atoms with van der Waals surface area (Å²) in [5, 5.41) is 21.7. The lowest BCUT2D eigenvalue weighted by Crippen LogP contribution is -1.94. The average Bonchev–Trinajstić information content (AvgIpc) is 1.56. The highest BCUT2D eigenvalue weighted by Gasteiger charge is 2.25. The molecule has 29 aromatic rings. The molecule has 29 rings (SSSR count). The van der Waals surface area contributed by atoms with Gasteiger partial charge in [0.15, 0.2) is 11.2 Å². The molecule has 9 nitrogen and oxygen atoms in total. The third-order valence-corrected chi connectivity index (χ3v) is 26.8. The van der Waals surface area contributed by atoms with Gasteiger partial charge in [-0.05, 0) is 187 Å². The molecular weight excluding hydrogens is 1570 g/mol. The topological polar surface area (TPSA) is 69.0 Å². The third kappa shape index (κ3) is 11.0. The molecule has 9 heteroatoms. The molecule has 0 spiro atoms. The molecule has 0 unspecified atom stereocenters. The van der Waals surface area contributed by atoms with E-state index in [-0.39, 0.29) is 0 Å². The molecule has 0 fully saturated rings. The minimum Gasteiger partial charge on any atom is -0.455 e. The standard InChI is InChI=1S/2C42H26N2O.C36H22N2O/c1-2-11-29(12-3-1)43-36-17-7-6-15-32(36)34-25-27(21-23-39(34)43)28-22-24-41-35(26-28)33-16-10-20-40(42(33)45-41)44-37-18-8-4-13-30(37)31-14-5-9-19-38(31)44;1-2-11-28(12-3-1)43-39-20-9-6-15-33(39)35-25-27(21-23-40(35)43)30-16-10-17-34-36-26-29(22-24-41(36)45-42(30)34)44-37-18-7-4-13-31(37)32-14-5-8-19-38(32)44;1-5-15-30-24(10-1)25-11-2-6-16-31(25)37(30)23-20-21-35-29(22-23)28-14-9-19-34(36(28)39-35)38-32-17-7-3-12-26(32)27-13-4-8-18-33(27)38/h2*1-26H;1-22H. The lowest BCUT2D eigenvalue weighted by atomic mass is 10.00. The van der Waals surface area contributed by atoms with Gasteiger partial charge in [-0.1, -0.05) is 279 Å². The van der Waals surface area contributed by atoms with Gasteiger partial charge in [-0.3, -0.25) is 0 Å². The number of hydrogen-bond acceptors (Lipinski definition) is 3. The number of furan rings is 3. The Bertz CT molecular complexity index is 9460. The van der Waals surface area contributed by atoms with Crippen molar-refractivity contribution in [2.24, 2.45) is 0 Å².